The van der Waals surface area contributed by atoms with Crippen molar-refractivity contribution in [1.82, 2.24) is 0 Å². The van der Waals surface area contributed by atoms with Crippen molar-refractivity contribution in [3.8, 4) is 0 Å². The maximum atomic E-state index is 11.7. The SMILES string of the molecule is COP(=O)(CC(C)=CCOC(C)=O)OC. The van der Waals surface area contributed by atoms with Crippen molar-refractivity contribution < 1.29 is 23.1 Å². The molecule has 0 aliphatic heterocycles. The molecule has 0 amide bonds. The van der Waals surface area contributed by atoms with Crippen molar-refractivity contribution in [2.24, 2.45) is 0 Å². The molecule has 0 fully saturated rings. The molecular formula is C9H17O5P. The molecule has 0 saturated carbocycles. The van der Waals surface area contributed by atoms with Crippen LogP contribution in [0, 0.1) is 0 Å². The molecular weight excluding hydrogens is 219 g/mol. The lowest BCUT2D eigenvalue weighted by Crippen LogP contribution is -2.01. The molecule has 0 saturated heterocycles. The molecule has 5 nitrogen and oxygen atoms in total. The third-order valence-corrected chi connectivity index (χ3v) is 3.72. The molecule has 0 aliphatic carbocycles. The molecule has 0 atom stereocenters. The normalized spacial score (nSPS) is 12.7. The topological polar surface area (TPSA) is 61.8 Å². The lowest BCUT2D eigenvalue weighted by molar-refractivity contribution is -0.139. The van der Waals surface area contributed by atoms with Gasteiger partial charge in [0.2, 0.25) is 0 Å². The summed E-state index contributed by atoms with van der Waals surface area (Å²) in [7, 11) is -0.336. The highest BCUT2D eigenvalue weighted by atomic mass is 31.2. The first kappa shape index (κ1) is 14.4. The quantitative estimate of drug-likeness (QED) is 0.401. The molecule has 0 aromatic rings. The highest BCUT2D eigenvalue weighted by Gasteiger charge is 2.20. The number of allylic oxidation sites excluding steroid dienone is 1. The van der Waals surface area contributed by atoms with E-state index in [1.807, 2.05) is 0 Å². The van der Waals surface area contributed by atoms with Gasteiger partial charge in [-0.25, -0.2) is 0 Å². The van der Waals surface area contributed by atoms with Gasteiger partial charge in [0, 0.05) is 21.1 Å². The maximum absolute atomic E-state index is 11.7. The summed E-state index contributed by atoms with van der Waals surface area (Å²) in [4.78, 5) is 10.5. The van der Waals surface area contributed by atoms with Crippen molar-refractivity contribution >= 4 is 13.6 Å². The summed E-state index contributed by atoms with van der Waals surface area (Å²) in [5, 5.41) is 0. The molecule has 0 N–H and O–H groups in total. The van der Waals surface area contributed by atoms with Crippen LogP contribution in [0.15, 0.2) is 11.6 Å². The van der Waals surface area contributed by atoms with E-state index in [0.717, 1.165) is 5.57 Å². The summed E-state index contributed by atoms with van der Waals surface area (Å²) < 4.78 is 25.9. The molecule has 15 heavy (non-hydrogen) atoms. The molecule has 6 heteroatoms. The van der Waals surface area contributed by atoms with Gasteiger partial charge in [0.1, 0.15) is 6.61 Å². The molecule has 0 unspecified atom stereocenters. The monoisotopic (exact) mass is 236 g/mol. The molecule has 0 spiro atoms. The van der Waals surface area contributed by atoms with E-state index in [0.29, 0.717) is 0 Å². The first-order chi connectivity index (χ1) is 6.93. The Balaban J connectivity index is 4.16. The summed E-state index contributed by atoms with van der Waals surface area (Å²) in [6.45, 7) is 3.28. The number of hydrogen-bond acceptors (Lipinski definition) is 5. The zero-order valence-corrected chi connectivity index (χ0v) is 10.4. The smallest absolute Gasteiger partial charge is 0.334 e. The minimum Gasteiger partial charge on any atom is -0.462 e. The fourth-order valence-corrected chi connectivity index (χ4v) is 2.02. The standard InChI is InChI=1S/C9H17O5P/c1-8(5-6-14-9(2)10)7-15(11,12-3)13-4/h5H,6-7H2,1-4H3. The van der Waals surface area contributed by atoms with Gasteiger partial charge in [0.25, 0.3) is 0 Å². The van der Waals surface area contributed by atoms with Gasteiger partial charge in [-0.15, -0.1) is 0 Å². The minimum absolute atomic E-state index is 0.175. The number of hydrogen-bond donors (Lipinski definition) is 0. The van der Waals surface area contributed by atoms with E-state index < -0.39 is 7.60 Å². The first-order valence-electron chi connectivity index (χ1n) is 4.43. The molecule has 88 valence electrons. The van der Waals surface area contributed by atoms with E-state index in [1.165, 1.54) is 21.1 Å². The predicted molar refractivity (Wildman–Crippen MR) is 56.9 cm³/mol. The Kier molecular flexibility index (Phi) is 6.48. The van der Waals surface area contributed by atoms with E-state index in [1.54, 1.807) is 13.0 Å². The molecule has 0 aliphatic rings. The minimum atomic E-state index is -3.01. The Morgan fingerprint density at radius 1 is 1.27 bits per heavy atom. The third-order valence-electron chi connectivity index (χ3n) is 1.72. The zero-order chi connectivity index (χ0) is 11.9. The van der Waals surface area contributed by atoms with Crippen molar-refractivity contribution in [1.29, 1.82) is 0 Å². The number of ether oxygens (including phenoxy) is 1. The summed E-state index contributed by atoms with van der Waals surface area (Å²) in [6.07, 6.45) is 1.87. The van der Waals surface area contributed by atoms with E-state index in [9.17, 15) is 9.36 Å². The van der Waals surface area contributed by atoms with Gasteiger partial charge in [-0.3, -0.25) is 9.36 Å². The first-order valence-corrected chi connectivity index (χ1v) is 6.16. The average molecular weight is 236 g/mol. The van der Waals surface area contributed by atoms with Crippen LogP contribution < -0.4 is 0 Å². The summed E-state index contributed by atoms with van der Waals surface area (Å²) in [5.74, 6) is -0.347. The lowest BCUT2D eigenvalue weighted by Gasteiger charge is -2.13. The Bertz CT molecular complexity index is 276. The van der Waals surface area contributed by atoms with Crippen LogP contribution in [-0.4, -0.2) is 33.0 Å². The third kappa shape index (κ3) is 6.44. The Hall–Kier alpha value is -0.640. The van der Waals surface area contributed by atoms with E-state index in [2.05, 4.69) is 0 Å². The molecule has 0 radical (unpaired) electrons. The van der Waals surface area contributed by atoms with Crippen LogP contribution in [0.1, 0.15) is 13.8 Å². The molecule has 0 rings (SSSR count). The molecule has 0 aromatic heterocycles. The Labute approximate surface area is 89.9 Å². The van der Waals surface area contributed by atoms with Crippen LogP contribution >= 0.6 is 7.60 Å². The second-order valence-corrected chi connectivity index (χ2v) is 5.26. The number of esters is 1. The van der Waals surface area contributed by atoms with Crippen LogP contribution in [0.25, 0.3) is 0 Å². The van der Waals surface area contributed by atoms with Crippen LogP contribution in [0.3, 0.4) is 0 Å². The van der Waals surface area contributed by atoms with Gasteiger partial charge in [-0.05, 0) is 13.0 Å². The summed E-state index contributed by atoms with van der Waals surface area (Å²) in [6, 6.07) is 0. The van der Waals surface area contributed by atoms with Crippen molar-refractivity contribution in [2.75, 3.05) is 27.0 Å². The van der Waals surface area contributed by atoms with Crippen molar-refractivity contribution in [3.05, 3.63) is 11.6 Å². The van der Waals surface area contributed by atoms with Crippen molar-refractivity contribution in [3.63, 3.8) is 0 Å². The van der Waals surface area contributed by atoms with Crippen molar-refractivity contribution in [2.45, 2.75) is 13.8 Å². The Morgan fingerprint density at radius 2 is 1.80 bits per heavy atom. The number of carbonyl (C=O) groups excluding carboxylic acids is 1. The van der Waals surface area contributed by atoms with Gasteiger partial charge >= 0.3 is 13.6 Å². The molecule has 0 aromatic carbocycles. The van der Waals surface area contributed by atoms with E-state index in [4.69, 9.17) is 13.8 Å². The van der Waals surface area contributed by atoms with Gasteiger partial charge in [-0.1, -0.05) is 5.57 Å². The average Bonchev–Trinajstić information content (AvgIpc) is 2.17. The zero-order valence-electron chi connectivity index (χ0n) is 9.48. The predicted octanol–water partition coefficient (Wildman–Crippen LogP) is 1.98. The van der Waals surface area contributed by atoms with E-state index in [-0.39, 0.29) is 18.7 Å². The highest BCUT2D eigenvalue weighted by molar-refractivity contribution is 7.54. The lowest BCUT2D eigenvalue weighted by atomic mass is 10.3. The molecule has 0 heterocycles. The summed E-state index contributed by atoms with van der Waals surface area (Å²) >= 11 is 0. The Morgan fingerprint density at radius 3 is 2.20 bits per heavy atom. The second kappa shape index (κ2) is 6.77. The second-order valence-electron chi connectivity index (χ2n) is 2.99. The fraction of sp³-hybridized carbons (Fsp3) is 0.667. The summed E-state index contributed by atoms with van der Waals surface area (Å²) in [5.41, 5.74) is 0.795. The largest absolute Gasteiger partial charge is 0.462 e. The van der Waals surface area contributed by atoms with Crippen LogP contribution in [0.4, 0.5) is 0 Å². The highest BCUT2D eigenvalue weighted by Crippen LogP contribution is 2.47. The number of carbonyl (C=O) groups is 1. The van der Waals surface area contributed by atoms with Gasteiger partial charge in [0.05, 0.1) is 6.16 Å². The number of rotatable bonds is 6. The maximum Gasteiger partial charge on any atom is 0.334 e. The van der Waals surface area contributed by atoms with Crippen LogP contribution in [-0.2, 0) is 23.1 Å². The van der Waals surface area contributed by atoms with Crippen LogP contribution in [0.5, 0.6) is 0 Å². The van der Waals surface area contributed by atoms with Crippen LogP contribution in [0.2, 0.25) is 0 Å². The van der Waals surface area contributed by atoms with Gasteiger partial charge in [-0.2, -0.15) is 0 Å². The fourth-order valence-electron chi connectivity index (χ4n) is 0.875. The molecule has 0 bridgehead atoms. The van der Waals surface area contributed by atoms with Gasteiger partial charge < -0.3 is 13.8 Å². The van der Waals surface area contributed by atoms with Gasteiger partial charge in [0.15, 0.2) is 0 Å². The van der Waals surface area contributed by atoms with E-state index >= 15 is 0 Å².